The average molecular weight is 274 g/mol. The Balaban J connectivity index is 2.25. The third-order valence-corrected chi connectivity index (χ3v) is 3.39. The van der Waals surface area contributed by atoms with Crippen LogP contribution in [0.15, 0.2) is 35.0 Å². The summed E-state index contributed by atoms with van der Waals surface area (Å²) in [6, 6.07) is 9.12. The molecule has 1 unspecified atom stereocenters. The number of hydrogen-bond acceptors (Lipinski definition) is 5. The van der Waals surface area contributed by atoms with Crippen LogP contribution < -0.4 is 15.2 Å². The van der Waals surface area contributed by atoms with Crippen molar-refractivity contribution < 1.29 is 9.47 Å². The fourth-order valence-corrected chi connectivity index (χ4v) is 2.40. The summed E-state index contributed by atoms with van der Waals surface area (Å²) in [7, 11) is 1.55. The maximum Gasteiger partial charge on any atom is 0.162 e. The van der Waals surface area contributed by atoms with Gasteiger partial charge in [-0.3, -0.25) is 0 Å². The van der Waals surface area contributed by atoms with Gasteiger partial charge in [-0.05, 0) is 29.0 Å². The van der Waals surface area contributed by atoms with Crippen molar-refractivity contribution in [2.45, 2.75) is 6.10 Å². The molecule has 1 atom stereocenters. The molecule has 19 heavy (non-hydrogen) atoms. The van der Waals surface area contributed by atoms with Gasteiger partial charge in [-0.15, -0.1) is 0 Å². The Hall–Kier alpha value is -2.03. The minimum Gasteiger partial charge on any atom is -0.493 e. The highest BCUT2D eigenvalue weighted by Gasteiger charge is 2.15. The summed E-state index contributed by atoms with van der Waals surface area (Å²) in [5.74, 6) is 1.12. The van der Waals surface area contributed by atoms with Gasteiger partial charge in [-0.2, -0.15) is 16.6 Å². The molecule has 2 aromatic rings. The van der Waals surface area contributed by atoms with Crippen molar-refractivity contribution in [1.29, 1.82) is 5.26 Å². The Morgan fingerprint density at radius 1 is 1.37 bits per heavy atom. The molecule has 0 bridgehead atoms. The van der Waals surface area contributed by atoms with Gasteiger partial charge in [0.2, 0.25) is 0 Å². The molecule has 0 aliphatic carbocycles. The third kappa shape index (κ3) is 3.05. The Kier molecular flexibility index (Phi) is 4.39. The highest BCUT2D eigenvalue weighted by atomic mass is 32.1. The lowest BCUT2D eigenvalue weighted by Gasteiger charge is -2.18. The number of thiophene rings is 1. The van der Waals surface area contributed by atoms with E-state index in [1.807, 2.05) is 16.8 Å². The van der Waals surface area contributed by atoms with Crippen molar-refractivity contribution in [3.05, 3.63) is 46.2 Å². The van der Waals surface area contributed by atoms with E-state index in [9.17, 15) is 0 Å². The predicted molar refractivity (Wildman–Crippen MR) is 74.5 cm³/mol. The molecule has 0 saturated carbocycles. The van der Waals surface area contributed by atoms with E-state index < -0.39 is 0 Å². The molecule has 0 saturated heterocycles. The van der Waals surface area contributed by atoms with Gasteiger partial charge in [-0.25, -0.2) is 0 Å². The number of ether oxygens (including phenoxy) is 2. The van der Waals surface area contributed by atoms with Crippen LogP contribution in [0, 0.1) is 11.3 Å². The van der Waals surface area contributed by atoms with Gasteiger partial charge >= 0.3 is 0 Å². The van der Waals surface area contributed by atoms with Crippen LogP contribution in [-0.4, -0.2) is 13.7 Å². The van der Waals surface area contributed by atoms with E-state index in [0.29, 0.717) is 23.6 Å². The zero-order valence-electron chi connectivity index (χ0n) is 10.5. The van der Waals surface area contributed by atoms with Crippen LogP contribution in [0.3, 0.4) is 0 Å². The summed E-state index contributed by atoms with van der Waals surface area (Å²) >= 11 is 1.60. The minimum absolute atomic E-state index is 0.215. The van der Waals surface area contributed by atoms with Crippen LogP contribution in [0.4, 0.5) is 0 Å². The summed E-state index contributed by atoms with van der Waals surface area (Å²) in [4.78, 5) is 0. The van der Waals surface area contributed by atoms with Gasteiger partial charge in [0.1, 0.15) is 6.10 Å². The molecular weight excluding hydrogens is 260 g/mol. The molecule has 98 valence electrons. The number of nitriles is 1. The number of benzene rings is 1. The number of hydrogen-bond donors (Lipinski definition) is 1. The van der Waals surface area contributed by atoms with Crippen LogP contribution in [0.2, 0.25) is 0 Å². The van der Waals surface area contributed by atoms with Crippen LogP contribution >= 0.6 is 11.3 Å². The Morgan fingerprint density at radius 3 is 2.79 bits per heavy atom. The van der Waals surface area contributed by atoms with Crippen LogP contribution in [-0.2, 0) is 0 Å². The molecule has 1 heterocycles. The monoisotopic (exact) mass is 274 g/mol. The van der Waals surface area contributed by atoms with Gasteiger partial charge in [0.05, 0.1) is 18.7 Å². The quantitative estimate of drug-likeness (QED) is 0.910. The Bertz CT molecular complexity index is 576. The lowest BCUT2D eigenvalue weighted by Crippen LogP contribution is -2.18. The Labute approximate surface area is 116 Å². The van der Waals surface area contributed by atoms with Crippen molar-refractivity contribution >= 4 is 11.3 Å². The topological polar surface area (TPSA) is 68.3 Å². The van der Waals surface area contributed by atoms with Crippen molar-refractivity contribution in [1.82, 2.24) is 0 Å². The fraction of sp³-hybridized carbons (Fsp3) is 0.214. The van der Waals surface area contributed by atoms with Crippen molar-refractivity contribution in [3.8, 4) is 17.6 Å². The van der Waals surface area contributed by atoms with E-state index in [1.165, 1.54) is 0 Å². The van der Waals surface area contributed by atoms with Crippen LogP contribution in [0.1, 0.15) is 17.2 Å². The molecular formula is C14H14N2O2S. The molecule has 1 aromatic carbocycles. The maximum atomic E-state index is 8.86. The third-order valence-electron chi connectivity index (χ3n) is 2.69. The van der Waals surface area contributed by atoms with Gasteiger partial charge in [0.25, 0.3) is 0 Å². The zero-order valence-corrected chi connectivity index (χ0v) is 11.3. The average Bonchev–Trinajstić information content (AvgIpc) is 2.98. The maximum absolute atomic E-state index is 8.86. The number of nitrogens with two attached hydrogens (primary N) is 1. The molecule has 2 N–H and O–H groups in total. The first kappa shape index (κ1) is 13.4. The molecule has 5 heteroatoms. The van der Waals surface area contributed by atoms with E-state index in [2.05, 4.69) is 6.07 Å². The van der Waals surface area contributed by atoms with E-state index in [4.69, 9.17) is 20.5 Å². The van der Waals surface area contributed by atoms with Gasteiger partial charge < -0.3 is 15.2 Å². The van der Waals surface area contributed by atoms with Gasteiger partial charge in [0, 0.05) is 18.2 Å². The second kappa shape index (κ2) is 6.23. The lowest BCUT2D eigenvalue weighted by molar-refractivity contribution is 0.205. The lowest BCUT2D eigenvalue weighted by atomic mass is 10.2. The van der Waals surface area contributed by atoms with Gasteiger partial charge in [0.15, 0.2) is 11.5 Å². The Morgan fingerprint density at radius 2 is 2.21 bits per heavy atom. The van der Waals surface area contributed by atoms with Crippen LogP contribution in [0.25, 0.3) is 0 Å². The van der Waals surface area contributed by atoms with Crippen molar-refractivity contribution in [3.63, 3.8) is 0 Å². The van der Waals surface area contributed by atoms with Crippen molar-refractivity contribution in [2.24, 2.45) is 5.73 Å². The molecule has 2 rings (SSSR count). The first-order chi connectivity index (χ1) is 9.28. The van der Waals surface area contributed by atoms with Gasteiger partial charge in [-0.1, -0.05) is 0 Å². The molecule has 0 amide bonds. The summed E-state index contributed by atoms with van der Waals surface area (Å²) in [5, 5.41) is 12.9. The minimum atomic E-state index is -0.215. The van der Waals surface area contributed by atoms with E-state index in [-0.39, 0.29) is 6.10 Å². The standard InChI is InChI=1S/C14H14N2O2S/c1-17-13-6-10(7-15)2-3-12(13)18-14(8-16)11-4-5-19-9-11/h2-6,9,14H,8,16H2,1H3. The largest absolute Gasteiger partial charge is 0.493 e. The highest BCUT2D eigenvalue weighted by Crippen LogP contribution is 2.32. The fourth-order valence-electron chi connectivity index (χ4n) is 1.70. The molecule has 0 aliphatic heterocycles. The molecule has 0 fully saturated rings. The normalized spacial score (nSPS) is 11.6. The van der Waals surface area contributed by atoms with E-state index in [0.717, 1.165) is 5.56 Å². The molecule has 1 aromatic heterocycles. The number of methoxy groups -OCH3 is 1. The summed E-state index contributed by atoms with van der Waals surface area (Å²) < 4.78 is 11.1. The number of rotatable bonds is 5. The smallest absolute Gasteiger partial charge is 0.162 e. The van der Waals surface area contributed by atoms with Crippen LogP contribution in [0.5, 0.6) is 11.5 Å². The summed E-state index contributed by atoms with van der Waals surface area (Å²) in [6.45, 7) is 0.375. The molecule has 0 radical (unpaired) electrons. The second-order valence-electron chi connectivity index (χ2n) is 3.88. The molecule has 4 nitrogen and oxygen atoms in total. The van der Waals surface area contributed by atoms with E-state index in [1.54, 1.807) is 36.6 Å². The second-order valence-corrected chi connectivity index (χ2v) is 4.66. The first-order valence-electron chi connectivity index (χ1n) is 5.75. The van der Waals surface area contributed by atoms with E-state index >= 15 is 0 Å². The zero-order chi connectivity index (χ0) is 13.7. The predicted octanol–water partition coefficient (Wildman–Crippen LogP) is 2.71. The molecule has 0 aliphatic rings. The number of nitrogens with zero attached hydrogens (tertiary/aromatic N) is 1. The molecule has 0 spiro atoms. The summed E-state index contributed by atoms with van der Waals surface area (Å²) in [5.41, 5.74) is 7.32. The highest BCUT2D eigenvalue weighted by molar-refractivity contribution is 7.07. The first-order valence-corrected chi connectivity index (χ1v) is 6.69. The summed E-state index contributed by atoms with van der Waals surface area (Å²) in [6.07, 6.45) is -0.215. The van der Waals surface area contributed by atoms with Crippen molar-refractivity contribution in [2.75, 3.05) is 13.7 Å². The SMILES string of the molecule is COc1cc(C#N)ccc1OC(CN)c1ccsc1.